The summed E-state index contributed by atoms with van der Waals surface area (Å²) in [6.45, 7) is 2.55. The van der Waals surface area contributed by atoms with Crippen molar-refractivity contribution < 1.29 is 4.74 Å². The normalized spacial score (nSPS) is 11.4. The summed E-state index contributed by atoms with van der Waals surface area (Å²) in [4.78, 5) is 7.77. The van der Waals surface area contributed by atoms with Crippen LogP contribution in [0.25, 0.3) is 22.7 Å². The van der Waals surface area contributed by atoms with Gasteiger partial charge in [-0.1, -0.05) is 30.3 Å². The van der Waals surface area contributed by atoms with Crippen molar-refractivity contribution in [2.24, 2.45) is 0 Å². The molecule has 0 fully saturated rings. The van der Waals surface area contributed by atoms with Crippen LogP contribution in [0.4, 0.5) is 0 Å². The van der Waals surface area contributed by atoms with Crippen molar-refractivity contribution in [2.45, 2.75) is 13.5 Å². The third-order valence-electron chi connectivity index (χ3n) is 4.52. The minimum absolute atomic E-state index is 0.492. The topological polar surface area (TPSA) is 61.7 Å². The van der Waals surface area contributed by atoms with Crippen molar-refractivity contribution in [1.29, 1.82) is 5.26 Å². The zero-order valence-corrected chi connectivity index (χ0v) is 18.0. The molecular weight excluding hydrogens is 473 g/mol. The van der Waals surface area contributed by atoms with Gasteiger partial charge in [0.15, 0.2) is 0 Å². The lowest BCUT2D eigenvalue weighted by molar-refractivity contribution is 0.306. The number of fused-ring (bicyclic) bond motifs is 1. The third kappa shape index (κ3) is 4.66. The summed E-state index contributed by atoms with van der Waals surface area (Å²) >= 11 is 2.29. The Hall–Kier alpha value is -3.11. The highest BCUT2D eigenvalue weighted by Crippen LogP contribution is 2.22. The van der Waals surface area contributed by atoms with Crippen LogP contribution in [0.1, 0.15) is 22.5 Å². The van der Waals surface area contributed by atoms with Gasteiger partial charge in [-0.3, -0.25) is 0 Å². The number of aryl methyl sites for hydroxylation is 1. The number of H-pyrrole nitrogens is 1. The van der Waals surface area contributed by atoms with Gasteiger partial charge in [0.1, 0.15) is 24.3 Å². The van der Waals surface area contributed by atoms with E-state index in [1.54, 1.807) is 0 Å². The number of halogens is 1. The molecule has 0 saturated heterocycles. The molecule has 0 radical (unpaired) electrons. The molecule has 0 saturated carbocycles. The van der Waals surface area contributed by atoms with Gasteiger partial charge in [0.05, 0.1) is 16.6 Å². The van der Waals surface area contributed by atoms with Crippen LogP contribution in [0.15, 0.2) is 66.7 Å². The van der Waals surface area contributed by atoms with Crippen molar-refractivity contribution in [1.82, 2.24) is 9.97 Å². The number of rotatable bonds is 5. The Morgan fingerprint density at radius 1 is 1.10 bits per heavy atom. The van der Waals surface area contributed by atoms with Crippen LogP contribution >= 0.6 is 22.6 Å². The third-order valence-corrected chi connectivity index (χ3v) is 5.24. The summed E-state index contributed by atoms with van der Waals surface area (Å²) in [5.74, 6) is 1.37. The van der Waals surface area contributed by atoms with Crippen molar-refractivity contribution in [3.63, 3.8) is 0 Å². The Kier molecular flexibility index (Phi) is 5.63. The SMILES string of the molecule is Cc1ccc2nc(/C(C#N)=C\c3ccc(OCc4ccc(I)cc4)cc3)[nH]c2c1. The molecule has 4 aromatic rings. The predicted molar refractivity (Wildman–Crippen MR) is 124 cm³/mol. The van der Waals surface area contributed by atoms with E-state index >= 15 is 0 Å². The maximum Gasteiger partial charge on any atom is 0.149 e. The first-order valence-corrected chi connectivity index (χ1v) is 10.2. The lowest BCUT2D eigenvalue weighted by atomic mass is 10.1. The van der Waals surface area contributed by atoms with Gasteiger partial charge in [-0.05, 0) is 88.7 Å². The second-order valence-corrected chi connectivity index (χ2v) is 8.01. The molecule has 1 heterocycles. The van der Waals surface area contributed by atoms with E-state index in [9.17, 15) is 5.26 Å². The zero-order valence-electron chi connectivity index (χ0n) is 15.8. The van der Waals surface area contributed by atoms with E-state index < -0.39 is 0 Å². The van der Waals surface area contributed by atoms with E-state index in [1.807, 2.05) is 55.5 Å². The summed E-state index contributed by atoms with van der Waals surface area (Å²) in [6, 6.07) is 24.2. The van der Waals surface area contributed by atoms with Crippen LogP contribution in [0.2, 0.25) is 0 Å². The molecule has 4 nitrogen and oxygen atoms in total. The van der Waals surface area contributed by atoms with Crippen molar-refractivity contribution >= 4 is 45.3 Å². The first-order chi connectivity index (χ1) is 14.1. The fourth-order valence-electron chi connectivity index (χ4n) is 2.98. The molecule has 0 spiro atoms. The quantitative estimate of drug-likeness (QED) is 0.270. The summed E-state index contributed by atoms with van der Waals surface area (Å²) in [5.41, 5.74) is 5.47. The van der Waals surface area contributed by atoms with Crippen LogP contribution in [0.3, 0.4) is 0 Å². The number of hydrogen-bond donors (Lipinski definition) is 1. The maximum absolute atomic E-state index is 9.60. The van der Waals surface area contributed by atoms with Crippen LogP contribution < -0.4 is 4.74 Å². The van der Waals surface area contributed by atoms with Crippen molar-refractivity contribution in [3.8, 4) is 11.8 Å². The van der Waals surface area contributed by atoms with Gasteiger partial charge in [0.25, 0.3) is 0 Å². The first kappa shape index (κ1) is 19.2. The lowest BCUT2D eigenvalue weighted by Crippen LogP contribution is -1.95. The number of aromatic nitrogens is 2. The van der Waals surface area contributed by atoms with Crippen LogP contribution in [0.5, 0.6) is 5.75 Å². The molecule has 0 amide bonds. The van der Waals surface area contributed by atoms with E-state index in [2.05, 4.69) is 62.9 Å². The largest absolute Gasteiger partial charge is 0.489 e. The molecule has 0 unspecified atom stereocenters. The maximum atomic E-state index is 9.60. The molecule has 0 aliphatic rings. The summed E-state index contributed by atoms with van der Waals surface area (Å²) in [7, 11) is 0. The van der Waals surface area contributed by atoms with Gasteiger partial charge in [-0.2, -0.15) is 5.26 Å². The monoisotopic (exact) mass is 491 g/mol. The fraction of sp³-hybridized carbons (Fsp3) is 0.0833. The number of aromatic amines is 1. The highest BCUT2D eigenvalue weighted by Gasteiger charge is 2.08. The number of nitrogens with one attached hydrogen (secondary N) is 1. The Morgan fingerprint density at radius 3 is 2.59 bits per heavy atom. The van der Waals surface area contributed by atoms with E-state index in [4.69, 9.17) is 4.74 Å². The van der Waals surface area contributed by atoms with Crippen LogP contribution in [0, 0.1) is 21.8 Å². The number of imidazole rings is 1. The smallest absolute Gasteiger partial charge is 0.149 e. The van der Waals surface area contributed by atoms with Gasteiger partial charge < -0.3 is 9.72 Å². The molecule has 1 N–H and O–H groups in total. The minimum atomic E-state index is 0.492. The number of allylic oxidation sites excluding steroid dienone is 1. The number of hydrogen-bond acceptors (Lipinski definition) is 3. The lowest BCUT2D eigenvalue weighted by Gasteiger charge is -2.07. The Morgan fingerprint density at radius 2 is 1.86 bits per heavy atom. The molecule has 5 heteroatoms. The summed E-state index contributed by atoms with van der Waals surface area (Å²) in [5, 5.41) is 9.60. The molecule has 0 bridgehead atoms. The Bertz CT molecular complexity index is 1220. The summed E-state index contributed by atoms with van der Waals surface area (Å²) < 4.78 is 7.05. The van der Waals surface area contributed by atoms with E-state index in [-0.39, 0.29) is 0 Å². The highest BCUT2D eigenvalue weighted by molar-refractivity contribution is 14.1. The average molecular weight is 491 g/mol. The molecule has 142 valence electrons. The average Bonchev–Trinajstić information content (AvgIpc) is 3.15. The number of ether oxygens (including phenoxy) is 1. The van der Waals surface area contributed by atoms with Crippen molar-refractivity contribution in [3.05, 3.63) is 92.8 Å². The summed E-state index contributed by atoms with van der Waals surface area (Å²) in [6.07, 6.45) is 1.83. The second-order valence-electron chi connectivity index (χ2n) is 6.76. The van der Waals surface area contributed by atoms with Crippen molar-refractivity contribution in [2.75, 3.05) is 0 Å². The number of nitriles is 1. The number of nitrogens with zero attached hydrogens (tertiary/aromatic N) is 2. The van der Waals surface area contributed by atoms with Crippen LogP contribution in [-0.4, -0.2) is 9.97 Å². The van der Waals surface area contributed by atoms with Gasteiger partial charge >= 0.3 is 0 Å². The Balaban J connectivity index is 1.50. The first-order valence-electron chi connectivity index (χ1n) is 9.16. The molecule has 4 rings (SSSR count). The van der Waals surface area contributed by atoms with E-state index in [1.165, 1.54) is 3.57 Å². The molecule has 3 aromatic carbocycles. The molecule has 0 atom stereocenters. The van der Waals surface area contributed by atoms with E-state index in [0.717, 1.165) is 33.5 Å². The van der Waals surface area contributed by atoms with Crippen LogP contribution in [-0.2, 0) is 6.61 Å². The van der Waals surface area contributed by atoms with Gasteiger partial charge in [0.2, 0.25) is 0 Å². The zero-order chi connectivity index (χ0) is 20.2. The highest BCUT2D eigenvalue weighted by atomic mass is 127. The predicted octanol–water partition coefficient (Wildman–Crippen LogP) is 6.12. The second kappa shape index (κ2) is 8.50. The fourth-order valence-corrected chi connectivity index (χ4v) is 3.34. The molecule has 0 aliphatic carbocycles. The molecule has 1 aromatic heterocycles. The van der Waals surface area contributed by atoms with Gasteiger partial charge in [-0.15, -0.1) is 0 Å². The molecule has 0 aliphatic heterocycles. The van der Waals surface area contributed by atoms with Gasteiger partial charge in [-0.25, -0.2) is 4.98 Å². The van der Waals surface area contributed by atoms with E-state index in [0.29, 0.717) is 18.0 Å². The number of benzene rings is 3. The Labute approximate surface area is 183 Å². The van der Waals surface area contributed by atoms with Gasteiger partial charge in [0, 0.05) is 3.57 Å². The molecular formula is C24H18IN3O. The molecule has 29 heavy (non-hydrogen) atoms. The minimum Gasteiger partial charge on any atom is -0.489 e. The standard InChI is InChI=1S/C24H18IN3O/c1-16-2-11-22-23(12-16)28-24(27-22)19(14-26)13-17-5-9-21(10-6-17)29-15-18-3-7-20(25)8-4-18/h2-13H,15H2,1H3,(H,27,28)/b19-13-.